The van der Waals surface area contributed by atoms with Crippen molar-refractivity contribution in [1.82, 2.24) is 5.16 Å². The van der Waals surface area contributed by atoms with Crippen LogP contribution >= 0.6 is 0 Å². The van der Waals surface area contributed by atoms with Crippen molar-refractivity contribution in [2.45, 2.75) is 19.5 Å². The van der Waals surface area contributed by atoms with Crippen LogP contribution in [0.25, 0.3) is 22.1 Å². The van der Waals surface area contributed by atoms with Gasteiger partial charge >= 0.3 is 12.1 Å². The van der Waals surface area contributed by atoms with Crippen molar-refractivity contribution in [3.05, 3.63) is 77.0 Å². The number of nitrogens with one attached hydrogen (secondary N) is 2. The van der Waals surface area contributed by atoms with Gasteiger partial charge in [0, 0.05) is 17.7 Å². The Labute approximate surface area is 212 Å². The maximum atomic E-state index is 13.7. The normalized spacial score (nSPS) is 11.1. The van der Waals surface area contributed by atoms with Gasteiger partial charge < -0.3 is 20.3 Å². The quantitative estimate of drug-likeness (QED) is 0.295. The van der Waals surface area contributed by atoms with Gasteiger partial charge in [0.1, 0.15) is 0 Å². The van der Waals surface area contributed by atoms with Gasteiger partial charge in [-0.25, -0.2) is 4.79 Å². The highest BCUT2D eigenvalue weighted by Gasteiger charge is 2.34. The average molecular weight is 522 g/mol. The zero-order valence-corrected chi connectivity index (χ0v) is 19.5. The summed E-state index contributed by atoms with van der Waals surface area (Å²) in [5.41, 5.74) is -1.92. The zero-order valence-electron chi connectivity index (χ0n) is 19.5. The number of anilines is 2. The average Bonchev–Trinajstić information content (AvgIpc) is 3.30. The Morgan fingerprint density at radius 3 is 2.42 bits per heavy atom. The molecule has 0 bridgehead atoms. The number of nitrogens with zero attached hydrogens (tertiary/aromatic N) is 2. The summed E-state index contributed by atoms with van der Waals surface area (Å²) in [5.74, 6) is -2.76. The lowest BCUT2D eigenvalue weighted by Crippen LogP contribution is -2.16. The summed E-state index contributed by atoms with van der Waals surface area (Å²) in [6.07, 6.45) is -4.65. The van der Waals surface area contributed by atoms with E-state index in [1.165, 1.54) is 42.5 Å². The molecule has 0 aliphatic rings. The Bertz CT molecular complexity index is 1640. The van der Waals surface area contributed by atoms with E-state index < -0.39 is 29.5 Å². The lowest BCUT2D eigenvalue weighted by molar-refractivity contribution is -0.137. The first-order valence-electron chi connectivity index (χ1n) is 11.0. The van der Waals surface area contributed by atoms with E-state index >= 15 is 0 Å². The van der Waals surface area contributed by atoms with Crippen molar-refractivity contribution in [1.29, 1.82) is 5.26 Å². The number of nitriles is 1. The molecule has 3 N–H and O–H groups in total. The smallest absolute Gasteiger partial charge is 0.417 e. The Hall–Kier alpha value is -5.18. The number of aromatic nitrogens is 1. The zero-order chi connectivity index (χ0) is 27.6. The minimum atomic E-state index is -4.69. The summed E-state index contributed by atoms with van der Waals surface area (Å²) < 4.78 is 46.4. The van der Waals surface area contributed by atoms with Gasteiger partial charge in [-0.1, -0.05) is 30.3 Å². The van der Waals surface area contributed by atoms with Gasteiger partial charge in [-0.2, -0.15) is 18.4 Å². The molecule has 192 valence electrons. The minimum absolute atomic E-state index is 0.00408. The van der Waals surface area contributed by atoms with Gasteiger partial charge in [-0.15, -0.1) is 0 Å². The number of hydrogen-bond donors (Lipinski definition) is 3. The molecule has 38 heavy (non-hydrogen) atoms. The van der Waals surface area contributed by atoms with Crippen molar-refractivity contribution >= 4 is 40.1 Å². The lowest BCUT2D eigenvalue weighted by Gasteiger charge is -2.16. The molecule has 4 rings (SSSR count). The Kier molecular flexibility index (Phi) is 6.85. The molecule has 9 nitrogen and oxygen atoms in total. The summed E-state index contributed by atoms with van der Waals surface area (Å²) >= 11 is 0. The number of carboxylic acids is 1. The van der Waals surface area contributed by atoms with Crippen molar-refractivity contribution in [2.75, 3.05) is 10.6 Å². The lowest BCUT2D eigenvalue weighted by atomic mass is 9.96. The van der Waals surface area contributed by atoms with Crippen LogP contribution in [-0.4, -0.2) is 28.0 Å². The fourth-order valence-electron chi connectivity index (χ4n) is 3.76. The number of amides is 2. The predicted octanol–water partition coefficient (Wildman–Crippen LogP) is 5.68. The number of carbonyl (C=O) groups excluding carboxylic acids is 2. The molecule has 1 heterocycles. The molecule has 0 radical (unpaired) electrons. The number of hydrogen-bond acceptors (Lipinski definition) is 6. The fourth-order valence-corrected chi connectivity index (χ4v) is 3.76. The van der Waals surface area contributed by atoms with Crippen LogP contribution in [0.5, 0.6) is 0 Å². The summed E-state index contributed by atoms with van der Waals surface area (Å²) in [4.78, 5) is 36.8. The third kappa shape index (κ3) is 5.03. The number of rotatable bonds is 6. The first-order valence-corrected chi connectivity index (χ1v) is 11.0. The molecule has 0 spiro atoms. The van der Waals surface area contributed by atoms with E-state index in [0.717, 1.165) is 12.1 Å². The van der Waals surface area contributed by atoms with E-state index in [2.05, 4.69) is 15.8 Å². The molecule has 0 aliphatic heterocycles. The summed E-state index contributed by atoms with van der Waals surface area (Å²) in [6, 6.07) is 12.7. The van der Waals surface area contributed by atoms with Crippen LogP contribution in [0.4, 0.5) is 24.5 Å². The maximum absolute atomic E-state index is 13.7. The SMILES string of the molecule is CCC(=O)Nc1cc2c(C(=O)Nc3ccc(C#N)cc3C(=O)O)noc2cc1-c1ccccc1C(F)(F)F. The summed E-state index contributed by atoms with van der Waals surface area (Å²) in [7, 11) is 0. The molecule has 4 aromatic rings. The second-order valence-electron chi connectivity index (χ2n) is 8.00. The van der Waals surface area contributed by atoms with E-state index in [1.807, 2.05) is 0 Å². The second kappa shape index (κ2) is 10.1. The van der Waals surface area contributed by atoms with Crippen LogP contribution < -0.4 is 10.6 Å². The van der Waals surface area contributed by atoms with Crippen LogP contribution in [0.15, 0.2) is 59.1 Å². The van der Waals surface area contributed by atoms with E-state index in [0.29, 0.717) is 0 Å². The third-order valence-corrected chi connectivity index (χ3v) is 5.57. The molecule has 2 amide bonds. The predicted molar refractivity (Wildman–Crippen MR) is 129 cm³/mol. The second-order valence-corrected chi connectivity index (χ2v) is 8.00. The molecule has 0 atom stereocenters. The standard InChI is InChI=1S/C26H17F3N4O5/c1-2-22(34)31-20-10-17-21(11-15(20)14-5-3-4-6-18(14)26(27,28)29)38-33-23(17)24(35)32-19-8-7-13(12-30)9-16(19)25(36)37/h3-11H,2H2,1H3,(H,31,34)(H,32,35)(H,36,37). The van der Waals surface area contributed by atoms with Gasteiger partial charge in [0.05, 0.1) is 33.8 Å². The number of aromatic carboxylic acids is 1. The molecule has 1 aromatic heterocycles. The molecule has 12 heteroatoms. The van der Waals surface area contributed by atoms with E-state index in [1.54, 1.807) is 13.0 Å². The van der Waals surface area contributed by atoms with Crippen LogP contribution in [0.2, 0.25) is 0 Å². The van der Waals surface area contributed by atoms with Crippen molar-refractivity contribution in [2.24, 2.45) is 0 Å². The van der Waals surface area contributed by atoms with Gasteiger partial charge in [-0.3, -0.25) is 9.59 Å². The Morgan fingerprint density at radius 1 is 1.03 bits per heavy atom. The van der Waals surface area contributed by atoms with E-state index in [-0.39, 0.29) is 56.7 Å². The van der Waals surface area contributed by atoms with Gasteiger partial charge in [0.2, 0.25) is 5.91 Å². The molecule has 3 aromatic carbocycles. The third-order valence-electron chi connectivity index (χ3n) is 5.57. The highest BCUT2D eigenvalue weighted by atomic mass is 19.4. The maximum Gasteiger partial charge on any atom is 0.417 e. The molecular formula is C26H17F3N4O5. The Morgan fingerprint density at radius 2 is 1.76 bits per heavy atom. The fraction of sp³-hybridized carbons (Fsp3) is 0.115. The highest BCUT2D eigenvalue weighted by molar-refractivity contribution is 6.14. The first kappa shape index (κ1) is 25.9. The van der Waals surface area contributed by atoms with Crippen LogP contribution in [0, 0.1) is 11.3 Å². The number of carboxylic acid groups (broad SMARTS) is 1. The Balaban J connectivity index is 1.83. The topological polar surface area (TPSA) is 145 Å². The molecule has 0 saturated heterocycles. The molecular weight excluding hydrogens is 505 g/mol. The van der Waals surface area contributed by atoms with Crippen LogP contribution in [-0.2, 0) is 11.0 Å². The van der Waals surface area contributed by atoms with Gasteiger partial charge in [-0.05, 0) is 42.0 Å². The number of fused-ring (bicyclic) bond motifs is 1. The minimum Gasteiger partial charge on any atom is -0.478 e. The largest absolute Gasteiger partial charge is 0.478 e. The number of carbonyl (C=O) groups is 3. The van der Waals surface area contributed by atoms with Crippen molar-refractivity contribution in [3.63, 3.8) is 0 Å². The van der Waals surface area contributed by atoms with Crippen molar-refractivity contribution in [3.8, 4) is 17.2 Å². The molecule has 0 fully saturated rings. The molecule has 0 aliphatic carbocycles. The van der Waals surface area contributed by atoms with E-state index in [4.69, 9.17) is 9.78 Å². The molecule has 0 unspecified atom stereocenters. The van der Waals surface area contributed by atoms with Crippen LogP contribution in [0.1, 0.15) is 45.3 Å². The summed E-state index contributed by atoms with van der Waals surface area (Å²) in [5, 5.41) is 27.2. The number of benzene rings is 3. The van der Waals surface area contributed by atoms with Gasteiger partial charge in [0.25, 0.3) is 5.91 Å². The monoisotopic (exact) mass is 522 g/mol. The summed E-state index contributed by atoms with van der Waals surface area (Å²) in [6.45, 7) is 1.56. The number of alkyl halides is 3. The van der Waals surface area contributed by atoms with Crippen molar-refractivity contribution < 1.29 is 37.2 Å². The van der Waals surface area contributed by atoms with Crippen LogP contribution in [0.3, 0.4) is 0 Å². The van der Waals surface area contributed by atoms with E-state index in [9.17, 15) is 32.7 Å². The highest BCUT2D eigenvalue weighted by Crippen LogP contribution is 2.41. The number of halogens is 3. The molecule has 0 saturated carbocycles. The first-order chi connectivity index (χ1) is 18.0. The van der Waals surface area contributed by atoms with Gasteiger partial charge in [0.15, 0.2) is 11.3 Å².